The standard InChI is InChI=1S/C15H23NO2/c1-5-18-15(17)10-12(3)16-13(4)14-8-6-11(2)7-9-14/h6-9,12-13,16H,5,10H2,1-4H3/t12?,13-/m1/s1. The van der Waals surface area contributed by atoms with E-state index in [9.17, 15) is 4.79 Å². The Morgan fingerprint density at radius 2 is 1.89 bits per heavy atom. The fourth-order valence-corrected chi connectivity index (χ4v) is 1.91. The maximum Gasteiger partial charge on any atom is 0.307 e. The van der Waals surface area contributed by atoms with Crippen LogP contribution in [0.25, 0.3) is 0 Å². The molecule has 0 aromatic heterocycles. The van der Waals surface area contributed by atoms with Crippen LogP contribution in [-0.4, -0.2) is 18.6 Å². The molecule has 0 aliphatic carbocycles. The van der Waals surface area contributed by atoms with Gasteiger partial charge >= 0.3 is 5.97 Å². The van der Waals surface area contributed by atoms with Crippen molar-refractivity contribution in [2.75, 3.05) is 6.61 Å². The molecule has 100 valence electrons. The highest BCUT2D eigenvalue weighted by atomic mass is 16.5. The molecule has 1 unspecified atom stereocenters. The molecule has 0 spiro atoms. The minimum atomic E-state index is -0.145. The highest BCUT2D eigenvalue weighted by Gasteiger charge is 2.13. The quantitative estimate of drug-likeness (QED) is 0.788. The number of nitrogens with one attached hydrogen (secondary N) is 1. The van der Waals surface area contributed by atoms with Crippen molar-refractivity contribution >= 4 is 5.97 Å². The number of rotatable bonds is 6. The third kappa shape index (κ3) is 4.88. The summed E-state index contributed by atoms with van der Waals surface area (Å²) in [6.07, 6.45) is 0.407. The molecule has 0 amide bonds. The van der Waals surface area contributed by atoms with E-state index in [0.717, 1.165) is 0 Å². The van der Waals surface area contributed by atoms with Crippen molar-refractivity contribution in [3.05, 3.63) is 35.4 Å². The third-order valence-electron chi connectivity index (χ3n) is 2.89. The summed E-state index contributed by atoms with van der Waals surface area (Å²) in [7, 11) is 0. The predicted molar refractivity (Wildman–Crippen MR) is 73.4 cm³/mol. The van der Waals surface area contributed by atoms with Crippen LogP contribution in [0.5, 0.6) is 0 Å². The van der Waals surface area contributed by atoms with Gasteiger partial charge in [0.15, 0.2) is 0 Å². The fourth-order valence-electron chi connectivity index (χ4n) is 1.91. The number of ether oxygens (including phenoxy) is 1. The number of hydrogen-bond donors (Lipinski definition) is 1. The summed E-state index contributed by atoms with van der Waals surface area (Å²) in [4.78, 5) is 11.4. The van der Waals surface area contributed by atoms with Gasteiger partial charge in [0.2, 0.25) is 0 Å². The van der Waals surface area contributed by atoms with E-state index >= 15 is 0 Å². The van der Waals surface area contributed by atoms with Crippen LogP contribution in [-0.2, 0) is 9.53 Å². The van der Waals surface area contributed by atoms with Gasteiger partial charge in [-0.25, -0.2) is 0 Å². The summed E-state index contributed by atoms with van der Waals surface area (Å²) in [5, 5.41) is 3.40. The zero-order valence-electron chi connectivity index (χ0n) is 11.7. The van der Waals surface area contributed by atoms with Gasteiger partial charge in [-0.1, -0.05) is 29.8 Å². The van der Waals surface area contributed by atoms with Crippen LogP contribution in [0.2, 0.25) is 0 Å². The third-order valence-corrected chi connectivity index (χ3v) is 2.89. The van der Waals surface area contributed by atoms with E-state index in [1.807, 2.05) is 13.8 Å². The van der Waals surface area contributed by atoms with Crippen LogP contribution in [0, 0.1) is 6.92 Å². The average Bonchev–Trinajstić information content (AvgIpc) is 2.29. The number of benzene rings is 1. The first-order valence-corrected chi connectivity index (χ1v) is 6.51. The topological polar surface area (TPSA) is 38.3 Å². The van der Waals surface area contributed by atoms with E-state index in [4.69, 9.17) is 4.74 Å². The molecule has 0 radical (unpaired) electrons. The molecule has 1 rings (SSSR count). The van der Waals surface area contributed by atoms with Gasteiger partial charge in [-0.05, 0) is 33.3 Å². The molecule has 3 nitrogen and oxygen atoms in total. The van der Waals surface area contributed by atoms with Crippen molar-refractivity contribution in [3.63, 3.8) is 0 Å². The van der Waals surface area contributed by atoms with Gasteiger partial charge in [0, 0.05) is 12.1 Å². The molecule has 2 atom stereocenters. The van der Waals surface area contributed by atoms with Crippen LogP contribution in [0.3, 0.4) is 0 Å². The second kappa shape index (κ2) is 7.17. The van der Waals surface area contributed by atoms with Crippen molar-refractivity contribution in [1.29, 1.82) is 0 Å². The highest BCUT2D eigenvalue weighted by molar-refractivity contribution is 5.70. The summed E-state index contributed by atoms with van der Waals surface area (Å²) in [6.45, 7) is 8.45. The lowest BCUT2D eigenvalue weighted by Gasteiger charge is -2.20. The minimum absolute atomic E-state index is 0.111. The lowest BCUT2D eigenvalue weighted by molar-refractivity contribution is -0.143. The molecule has 0 aliphatic rings. The molecule has 0 saturated carbocycles. The van der Waals surface area contributed by atoms with Crippen molar-refractivity contribution in [2.24, 2.45) is 0 Å². The van der Waals surface area contributed by atoms with E-state index in [1.165, 1.54) is 11.1 Å². The van der Waals surface area contributed by atoms with Crippen molar-refractivity contribution in [3.8, 4) is 0 Å². The smallest absolute Gasteiger partial charge is 0.307 e. The van der Waals surface area contributed by atoms with Crippen molar-refractivity contribution in [2.45, 2.75) is 46.2 Å². The Kier molecular flexibility index (Phi) is 5.86. The minimum Gasteiger partial charge on any atom is -0.466 e. The molecule has 1 aromatic rings. The first kappa shape index (κ1) is 14.7. The Balaban J connectivity index is 2.46. The van der Waals surface area contributed by atoms with E-state index in [1.54, 1.807) is 0 Å². The van der Waals surface area contributed by atoms with Crippen LogP contribution >= 0.6 is 0 Å². The first-order chi connectivity index (χ1) is 8.52. The largest absolute Gasteiger partial charge is 0.466 e. The summed E-state index contributed by atoms with van der Waals surface area (Å²) in [6, 6.07) is 8.77. The molecular weight excluding hydrogens is 226 g/mol. The monoisotopic (exact) mass is 249 g/mol. The molecule has 0 bridgehead atoms. The summed E-state index contributed by atoms with van der Waals surface area (Å²) in [5.41, 5.74) is 2.49. The van der Waals surface area contributed by atoms with Crippen molar-refractivity contribution in [1.82, 2.24) is 5.32 Å². The van der Waals surface area contributed by atoms with Crippen LogP contribution < -0.4 is 5.32 Å². The molecule has 0 saturated heterocycles. The molecule has 0 fully saturated rings. The number of hydrogen-bond acceptors (Lipinski definition) is 3. The maximum absolute atomic E-state index is 11.4. The van der Waals surface area contributed by atoms with Crippen LogP contribution in [0.1, 0.15) is 44.4 Å². The Bertz CT molecular complexity index is 373. The lowest BCUT2D eigenvalue weighted by Crippen LogP contribution is -2.31. The van der Waals surface area contributed by atoms with Gasteiger partial charge in [0.25, 0.3) is 0 Å². The molecule has 1 aromatic carbocycles. The molecule has 0 aliphatic heterocycles. The number of esters is 1. The second-order valence-corrected chi connectivity index (χ2v) is 4.71. The van der Waals surface area contributed by atoms with Crippen LogP contribution in [0.4, 0.5) is 0 Å². The van der Waals surface area contributed by atoms with E-state index in [0.29, 0.717) is 13.0 Å². The van der Waals surface area contributed by atoms with Crippen LogP contribution in [0.15, 0.2) is 24.3 Å². The summed E-state index contributed by atoms with van der Waals surface area (Å²) < 4.78 is 4.94. The zero-order chi connectivity index (χ0) is 13.5. The van der Waals surface area contributed by atoms with Gasteiger partial charge in [-0.3, -0.25) is 4.79 Å². The van der Waals surface area contributed by atoms with Gasteiger partial charge < -0.3 is 10.1 Å². The predicted octanol–water partition coefficient (Wildman–Crippen LogP) is 2.99. The summed E-state index contributed by atoms with van der Waals surface area (Å²) >= 11 is 0. The lowest BCUT2D eigenvalue weighted by atomic mass is 10.1. The maximum atomic E-state index is 11.4. The summed E-state index contributed by atoms with van der Waals surface area (Å²) in [5.74, 6) is -0.145. The van der Waals surface area contributed by atoms with E-state index < -0.39 is 0 Å². The zero-order valence-corrected chi connectivity index (χ0v) is 11.7. The van der Waals surface area contributed by atoms with Gasteiger partial charge in [0.05, 0.1) is 13.0 Å². The molecule has 1 N–H and O–H groups in total. The Morgan fingerprint density at radius 3 is 2.44 bits per heavy atom. The first-order valence-electron chi connectivity index (χ1n) is 6.51. The average molecular weight is 249 g/mol. The van der Waals surface area contributed by atoms with Crippen molar-refractivity contribution < 1.29 is 9.53 Å². The second-order valence-electron chi connectivity index (χ2n) is 4.71. The fraction of sp³-hybridized carbons (Fsp3) is 0.533. The highest BCUT2D eigenvalue weighted by Crippen LogP contribution is 2.14. The Labute approximate surface area is 110 Å². The number of carbonyl (C=O) groups is 1. The molecular formula is C15H23NO2. The SMILES string of the molecule is CCOC(=O)CC(C)N[C@H](C)c1ccc(C)cc1. The number of carbonyl (C=O) groups excluding carboxylic acids is 1. The van der Waals surface area contributed by atoms with E-state index in [2.05, 4.69) is 43.4 Å². The van der Waals surface area contributed by atoms with Gasteiger partial charge in [-0.2, -0.15) is 0 Å². The molecule has 18 heavy (non-hydrogen) atoms. The van der Waals surface area contributed by atoms with E-state index in [-0.39, 0.29) is 18.1 Å². The Hall–Kier alpha value is -1.35. The number of aryl methyl sites for hydroxylation is 1. The normalized spacial score (nSPS) is 14.0. The Morgan fingerprint density at radius 1 is 1.28 bits per heavy atom. The molecule has 0 heterocycles. The van der Waals surface area contributed by atoms with Gasteiger partial charge in [0.1, 0.15) is 0 Å². The van der Waals surface area contributed by atoms with Gasteiger partial charge in [-0.15, -0.1) is 0 Å². The molecule has 3 heteroatoms.